The number of hydrogen-bond acceptors (Lipinski definition) is 1. The molecule has 3 heteroatoms. The number of benzene rings is 1. The summed E-state index contributed by atoms with van der Waals surface area (Å²) in [7, 11) is 0. The topological polar surface area (TPSA) is 15.3 Å². The summed E-state index contributed by atoms with van der Waals surface area (Å²) < 4.78 is 0. The summed E-state index contributed by atoms with van der Waals surface area (Å²) in [6, 6.07) is 11.8. The zero-order valence-corrected chi connectivity index (χ0v) is 12.9. The molecule has 0 radical (unpaired) electrons. The molecule has 0 aromatic heterocycles. The highest BCUT2D eigenvalue weighted by atomic mass is 32.1. The monoisotopic (exact) mass is 276 g/mol. The Morgan fingerprint density at radius 2 is 1.79 bits per heavy atom. The summed E-state index contributed by atoms with van der Waals surface area (Å²) in [5.74, 6) is 0. The van der Waals surface area contributed by atoms with Crippen molar-refractivity contribution in [3.8, 4) is 0 Å². The van der Waals surface area contributed by atoms with Gasteiger partial charge < -0.3 is 10.2 Å². The molecular weight excluding hydrogens is 252 g/mol. The van der Waals surface area contributed by atoms with Crippen LogP contribution < -0.4 is 5.32 Å². The summed E-state index contributed by atoms with van der Waals surface area (Å²) in [5, 5.41) is 4.38. The molecule has 1 heterocycles. The second-order valence-electron chi connectivity index (χ2n) is 5.62. The van der Waals surface area contributed by atoms with Gasteiger partial charge in [0.05, 0.1) is 6.04 Å². The molecule has 3 atom stereocenters. The van der Waals surface area contributed by atoms with E-state index in [1.165, 1.54) is 24.8 Å². The number of likely N-dealkylation sites (tertiary alicyclic amines) is 1. The molecule has 1 aliphatic rings. The Balaban J connectivity index is 2.00. The normalized spacial score (nSPS) is 24.9. The minimum absolute atomic E-state index is 0.259. The van der Waals surface area contributed by atoms with E-state index in [-0.39, 0.29) is 6.04 Å². The van der Waals surface area contributed by atoms with Crippen LogP contribution in [0.25, 0.3) is 0 Å². The van der Waals surface area contributed by atoms with Crippen LogP contribution in [0.4, 0.5) is 0 Å². The number of nitrogens with zero attached hydrogens (tertiary/aromatic N) is 1. The molecule has 3 unspecified atom stereocenters. The minimum Gasteiger partial charge on any atom is -0.356 e. The van der Waals surface area contributed by atoms with Crippen molar-refractivity contribution < 1.29 is 0 Å². The molecule has 0 aliphatic carbocycles. The molecule has 0 amide bonds. The fourth-order valence-corrected chi connectivity index (χ4v) is 3.44. The van der Waals surface area contributed by atoms with Gasteiger partial charge in [0, 0.05) is 12.1 Å². The van der Waals surface area contributed by atoms with Crippen molar-refractivity contribution in [1.29, 1.82) is 0 Å². The Morgan fingerprint density at radius 1 is 1.21 bits per heavy atom. The molecule has 19 heavy (non-hydrogen) atoms. The molecule has 2 rings (SSSR count). The van der Waals surface area contributed by atoms with Crippen LogP contribution >= 0.6 is 12.2 Å². The van der Waals surface area contributed by atoms with Crippen molar-refractivity contribution in [2.75, 3.05) is 0 Å². The van der Waals surface area contributed by atoms with Crippen molar-refractivity contribution in [2.45, 2.75) is 58.2 Å². The number of thiocarbonyl (C=S) groups is 1. The van der Waals surface area contributed by atoms with Gasteiger partial charge in [0.25, 0.3) is 0 Å². The van der Waals surface area contributed by atoms with Crippen LogP contribution in [0.1, 0.15) is 51.6 Å². The van der Waals surface area contributed by atoms with Gasteiger partial charge in [0.15, 0.2) is 5.11 Å². The van der Waals surface area contributed by atoms with Crippen LogP contribution in [-0.2, 0) is 0 Å². The van der Waals surface area contributed by atoms with E-state index in [2.05, 4.69) is 55.3 Å². The third-order valence-electron chi connectivity index (χ3n) is 4.07. The Morgan fingerprint density at radius 3 is 2.37 bits per heavy atom. The van der Waals surface area contributed by atoms with Gasteiger partial charge in [-0.05, 0) is 57.8 Å². The molecule has 0 saturated carbocycles. The molecule has 1 aromatic carbocycles. The molecule has 0 spiro atoms. The van der Waals surface area contributed by atoms with Crippen molar-refractivity contribution in [3.63, 3.8) is 0 Å². The van der Waals surface area contributed by atoms with Crippen LogP contribution in [-0.4, -0.2) is 22.1 Å². The van der Waals surface area contributed by atoms with E-state index in [1.54, 1.807) is 0 Å². The minimum atomic E-state index is 0.259. The third kappa shape index (κ3) is 3.47. The van der Waals surface area contributed by atoms with Crippen LogP contribution in [0.2, 0.25) is 0 Å². The Hall–Kier alpha value is -1.09. The van der Waals surface area contributed by atoms with Gasteiger partial charge in [-0.25, -0.2) is 0 Å². The van der Waals surface area contributed by atoms with Crippen molar-refractivity contribution in [1.82, 2.24) is 10.2 Å². The molecule has 104 valence electrons. The largest absolute Gasteiger partial charge is 0.356 e. The van der Waals surface area contributed by atoms with Gasteiger partial charge in [-0.1, -0.05) is 30.3 Å². The van der Waals surface area contributed by atoms with Gasteiger partial charge in [-0.3, -0.25) is 0 Å². The first-order valence-corrected chi connectivity index (χ1v) is 7.64. The van der Waals surface area contributed by atoms with E-state index >= 15 is 0 Å². The SMILES string of the molecule is CC(NC(=S)N1C(C)CCCC1C)c1ccccc1. The standard InChI is InChI=1S/C16H24N2S/c1-12-8-7-9-13(2)18(12)16(19)17-14(3)15-10-5-4-6-11-15/h4-6,10-14H,7-9H2,1-3H3,(H,17,19). The highest BCUT2D eigenvalue weighted by Crippen LogP contribution is 2.23. The average Bonchev–Trinajstić information content (AvgIpc) is 2.39. The highest BCUT2D eigenvalue weighted by molar-refractivity contribution is 7.80. The summed E-state index contributed by atoms with van der Waals surface area (Å²) in [6.07, 6.45) is 3.80. The van der Waals surface area contributed by atoms with Crippen molar-refractivity contribution in [2.24, 2.45) is 0 Å². The van der Waals surface area contributed by atoms with E-state index in [0.29, 0.717) is 12.1 Å². The fourth-order valence-electron chi connectivity index (χ4n) is 2.91. The quantitative estimate of drug-likeness (QED) is 0.825. The summed E-state index contributed by atoms with van der Waals surface area (Å²) >= 11 is 5.62. The summed E-state index contributed by atoms with van der Waals surface area (Å²) in [6.45, 7) is 6.72. The maximum Gasteiger partial charge on any atom is 0.169 e. The summed E-state index contributed by atoms with van der Waals surface area (Å²) in [4.78, 5) is 2.37. The average molecular weight is 276 g/mol. The zero-order chi connectivity index (χ0) is 13.8. The molecule has 1 aromatic rings. The molecule has 1 fully saturated rings. The highest BCUT2D eigenvalue weighted by Gasteiger charge is 2.27. The van der Waals surface area contributed by atoms with Crippen LogP contribution in [0.5, 0.6) is 0 Å². The maximum absolute atomic E-state index is 5.62. The second-order valence-corrected chi connectivity index (χ2v) is 6.00. The van der Waals surface area contributed by atoms with Gasteiger partial charge in [0.1, 0.15) is 0 Å². The van der Waals surface area contributed by atoms with Gasteiger partial charge in [-0.2, -0.15) is 0 Å². The smallest absolute Gasteiger partial charge is 0.169 e. The van der Waals surface area contributed by atoms with E-state index < -0.39 is 0 Å². The van der Waals surface area contributed by atoms with E-state index in [0.717, 1.165) is 5.11 Å². The first-order chi connectivity index (χ1) is 9.09. The van der Waals surface area contributed by atoms with Gasteiger partial charge in [-0.15, -0.1) is 0 Å². The lowest BCUT2D eigenvalue weighted by molar-refractivity contribution is 0.188. The number of rotatable bonds is 2. The number of hydrogen-bond donors (Lipinski definition) is 1. The lowest BCUT2D eigenvalue weighted by Gasteiger charge is -2.41. The number of piperidine rings is 1. The van der Waals surface area contributed by atoms with E-state index in [1.807, 2.05) is 6.07 Å². The Labute approximate surface area is 122 Å². The Bertz CT molecular complexity index is 408. The van der Waals surface area contributed by atoms with Crippen LogP contribution in [0.15, 0.2) is 30.3 Å². The second kappa shape index (κ2) is 6.38. The van der Waals surface area contributed by atoms with Crippen LogP contribution in [0, 0.1) is 0 Å². The van der Waals surface area contributed by atoms with Gasteiger partial charge >= 0.3 is 0 Å². The van der Waals surface area contributed by atoms with Gasteiger partial charge in [0.2, 0.25) is 0 Å². The molecule has 1 aliphatic heterocycles. The zero-order valence-electron chi connectivity index (χ0n) is 12.1. The van der Waals surface area contributed by atoms with Crippen LogP contribution in [0.3, 0.4) is 0 Å². The van der Waals surface area contributed by atoms with Crippen molar-refractivity contribution in [3.05, 3.63) is 35.9 Å². The predicted molar refractivity (Wildman–Crippen MR) is 85.2 cm³/mol. The van der Waals surface area contributed by atoms with E-state index in [4.69, 9.17) is 12.2 Å². The lowest BCUT2D eigenvalue weighted by atomic mass is 9.98. The first-order valence-electron chi connectivity index (χ1n) is 7.23. The molecule has 1 saturated heterocycles. The molecule has 1 N–H and O–H groups in total. The molecule has 0 bridgehead atoms. The maximum atomic E-state index is 5.62. The summed E-state index contributed by atoms with van der Waals surface area (Å²) in [5.41, 5.74) is 1.28. The number of nitrogens with one attached hydrogen (secondary N) is 1. The fraction of sp³-hybridized carbons (Fsp3) is 0.562. The first kappa shape index (κ1) is 14.3. The third-order valence-corrected chi connectivity index (χ3v) is 4.40. The lowest BCUT2D eigenvalue weighted by Crippen LogP contribution is -2.52. The Kier molecular flexibility index (Phi) is 4.81. The van der Waals surface area contributed by atoms with E-state index in [9.17, 15) is 0 Å². The molecular formula is C16H24N2S. The van der Waals surface area contributed by atoms with Crippen molar-refractivity contribution >= 4 is 17.3 Å². The predicted octanol–water partition coefficient (Wildman–Crippen LogP) is 3.89. The molecule has 2 nitrogen and oxygen atoms in total.